The molecule has 1 aliphatic rings. The van der Waals surface area contributed by atoms with Crippen molar-refractivity contribution in [1.29, 1.82) is 0 Å². The summed E-state index contributed by atoms with van der Waals surface area (Å²) in [6.45, 7) is 8.00. The first-order chi connectivity index (χ1) is 14.2. The van der Waals surface area contributed by atoms with Crippen molar-refractivity contribution in [1.82, 2.24) is 0 Å². The van der Waals surface area contributed by atoms with Crippen LogP contribution in [0.5, 0.6) is 11.5 Å². The molecule has 0 saturated carbocycles. The molecule has 2 aromatic rings. The third-order valence-electron chi connectivity index (χ3n) is 4.64. The molecule has 0 radical (unpaired) electrons. The molecule has 0 unspecified atom stereocenters. The lowest BCUT2D eigenvalue weighted by Crippen LogP contribution is -2.42. The van der Waals surface area contributed by atoms with Crippen LogP contribution in [-0.4, -0.2) is 32.2 Å². The summed E-state index contributed by atoms with van der Waals surface area (Å²) < 4.78 is 11.1. The van der Waals surface area contributed by atoms with Crippen molar-refractivity contribution in [3.05, 3.63) is 54.1 Å². The first kappa shape index (κ1) is 21.5. The summed E-state index contributed by atoms with van der Waals surface area (Å²) in [4.78, 5) is 27.1. The average molecular weight is 430 g/mol. The zero-order chi connectivity index (χ0) is 21.9. The lowest BCUT2D eigenvalue weighted by Gasteiger charge is -2.27. The van der Waals surface area contributed by atoms with Crippen molar-refractivity contribution in [3.8, 4) is 11.5 Å². The van der Waals surface area contributed by atoms with Gasteiger partial charge in [0.2, 0.25) is 5.91 Å². The Kier molecular flexibility index (Phi) is 6.22. The number of carbonyl (C=O) groups excluding carboxylic acids is 2. The van der Waals surface area contributed by atoms with Crippen LogP contribution >= 0.6 is 11.6 Å². The molecule has 30 heavy (non-hydrogen) atoms. The Balaban J connectivity index is 1.85. The Morgan fingerprint density at radius 3 is 2.77 bits per heavy atom. The summed E-state index contributed by atoms with van der Waals surface area (Å²) in [6.07, 6.45) is 1.65. The Hall–Kier alpha value is -3.19. The van der Waals surface area contributed by atoms with Crippen LogP contribution in [0.25, 0.3) is 0 Å². The van der Waals surface area contributed by atoms with Crippen molar-refractivity contribution in [3.63, 3.8) is 0 Å². The van der Waals surface area contributed by atoms with Gasteiger partial charge >= 0.3 is 6.03 Å². The third kappa shape index (κ3) is 4.52. The number of ether oxygens (including phenoxy) is 2. The van der Waals surface area contributed by atoms with Gasteiger partial charge in [0.05, 0.1) is 23.9 Å². The van der Waals surface area contributed by atoms with E-state index in [1.54, 1.807) is 47.4 Å². The average Bonchev–Trinajstić information content (AvgIpc) is 2.78. The van der Waals surface area contributed by atoms with Gasteiger partial charge in [-0.15, -0.1) is 6.58 Å². The minimum atomic E-state index is -0.684. The third-order valence-corrected chi connectivity index (χ3v) is 4.88. The van der Waals surface area contributed by atoms with E-state index in [0.29, 0.717) is 40.1 Å². The molecule has 0 atom stereocenters. The number of nitrogens with zero attached hydrogens (tertiary/aromatic N) is 1. The van der Waals surface area contributed by atoms with Gasteiger partial charge in [-0.2, -0.15) is 0 Å². The van der Waals surface area contributed by atoms with Crippen LogP contribution in [0.3, 0.4) is 0 Å². The van der Waals surface area contributed by atoms with Gasteiger partial charge in [-0.1, -0.05) is 17.7 Å². The first-order valence-corrected chi connectivity index (χ1v) is 9.74. The van der Waals surface area contributed by atoms with Gasteiger partial charge in [0.15, 0.2) is 0 Å². The molecule has 2 aromatic carbocycles. The Morgan fingerprint density at radius 2 is 2.07 bits per heavy atom. The number of nitrogens with one attached hydrogen (secondary N) is 2. The van der Waals surface area contributed by atoms with Gasteiger partial charge in [0.25, 0.3) is 0 Å². The highest BCUT2D eigenvalue weighted by Crippen LogP contribution is 2.38. The molecular formula is C22H24ClN3O4. The summed E-state index contributed by atoms with van der Waals surface area (Å²) in [5.74, 6) is 0.972. The van der Waals surface area contributed by atoms with E-state index in [2.05, 4.69) is 17.2 Å². The Labute approximate surface area is 180 Å². The van der Waals surface area contributed by atoms with Crippen LogP contribution in [0.1, 0.15) is 13.8 Å². The van der Waals surface area contributed by atoms with Crippen LogP contribution < -0.4 is 25.0 Å². The molecule has 0 aromatic heterocycles. The van der Waals surface area contributed by atoms with E-state index < -0.39 is 11.4 Å². The molecule has 1 heterocycles. The number of amides is 3. The van der Waals surface area contributed by atoms with E-state index in [4.69, 9.17) is 21.1 Å². The molecule has 3 amide bonds. The monoisotopic (exact) mass is 429 g/mol. The van der Waals surface area contributed by atoms with Crippen LogP contribution in [0.15, 0.2) is 49.1 Å². The standard InChI is InChI=1S/C22H24ClN3O4/c1-5-10-26-17-12-15(7-9-19(17)30-13-22(2,3)20(26)27)24-21(28)25-16-11-14(23)6-8-18(16)29-4/h5-9,11-12H,1,10,13H2,2-4H3,(H2,24,25,28). The normalized spacial score (nSPS) is 14.8. The van der Waals surface area contributed by atoms with Crippen molar-refractivity contribution >= 4 is 40.6 Å². The summed E-state index contributed by atoms with van der Waals surface area (Å²) >= 11 is 6.01. The zero-order valence-corrected chi connectivity index (χ0v) is 17.9. The molecule has 0 spiro atoms. The minimum Gasteiger partial charge on any atom is -0.495 e. The van der Waals surface area contributed by atoms with Crippen LogP contribution in [0.4, 0.5) is 21.9 Å². The molecular weight excluding hydrogens is 406 g/mol. The maximum absolute atomic E-state index is 13.0. The van der Waals surface area contributed by atoms with E-state index in [-0.39, 0.29) is 12.5 Å². The summed E-state index contributed by atoms with van der Waals surface area (Å²) in [7, 11) is 1.51. The Bertz CT molecular complexity index is 990. The fourth-order valence-electron chi connectivity index (χ4n) is 3.10. The van der Waals surface area contributed by atoms with Gasteiger partial charge < -0.3 is 25.0 Å². The van der Waals surface area contributed by atoms with Gasteiger partial charge in [0, 0.05) is 17.3 Å². The predicted molar refractivity (Wildman–Crippen MR) is 119 cm³/mol. The smallest absolute Gasteiger partial charge is 0.323 e. The van der Waals surface area contributed by atoms with E-state index >= 15 is 0 Å². The largest absolute Gasteiger partial charge is 0.495 e. The molecule has 2 N–H and O–H groups in total. The molecule has 0 aliphatic carbocycles. The zero-order valence-electron chi connectivity index (χ0n) is 17.1. The summed E-state index contributed by atoms with van der Waals surface area (Å²) in [6, 6.07) is 9.59. The quantitative estimate of drug-likeness (QED) is 0.660. The number of urea groups is 1. The lowest BCUT2D eigenvalue weighted by molar-refractivity contribution is -0.127. The van der Waals surface area contributed by atoms with Crippen molar-refractivity contribution in [2.45, 2.75) is 13.8 Å². The highest BCUT2D eigenvalue weighted by molar-refractivity contribution is 6.31. The van der Waals surface area contributed by atoms with Crippen molar-refractivity contribution < 1.29 is 19.1 Å². The number of carbonyl (C=O) groups is 2. The maximum Gasteiger partial charge on any atom is 0.323 e. The molecule has 0 saturated heterocycles. The number of hydrogen-bond donors (Lipinski definition) is 2. The number of methoxy groups -OCH3 is 1. The molecule has 1 aliphatic heterocycles. The number of benzene rings is 2. The van der Waals surface area contributed by atoms with Crippen LogP contribution in [0, 0.1) is 5.41 Å². The number of hydrogen-bond acceptors (Lipinski definition) is 4. The van der Waals surface area contributed by atoms with Crippen LogP contribution in [-0.2, 0) is 4.79 Å². The summed E-state index contributed by atoms with van der Waals surface area (Å²) in [5, 5.41) is 5.94. The maximum atomic E-state index is 13.0. The van der Waals surface area contributed by atoms with Gasteiger partial charge in [0.1, 0.15) is 18.1 Å². The second kappa shape index (κ2) is 8.67. The summed E-state index contributed by atoms with van der Waals surface area (Å²) in [5.41, 5.74) is 0.822. The molecule has 0 fully saturated rings. The number of fused-ring (bicyclic) bond motifs is 1. The van der Waals surface area contributed by atoms with Crippen molar-refractivity contribution in [2.24, 2.45) is 5.41 Å². The van der Waals surface area contributed by atoms with E-state index in [0.717, 1.165) is 0 Å². The van der Waals surface area contributed by atoms with Crippen LogP contribution in [0.2, 0.25) is 5.02 Å². The SMILES string of the molecule is C=CCN1C(=O)C(C)(C)COc2ccc(NC(=O)Nc3cc(Cl)ccc3OC)cc21. The predicted octanol–water partition coefficient (Wildman–Crippen LogP) is 4.93. The fourth-order valence-corrected chi connectivity index (χ4v) is 3.27. The lowest BCUT2D eigenvalue weighted by atomic mass is 9.93. The topological polar surface area (TPSA) is 79.9 Å². The number of rotatable bonds is 5. The van der Waals surface area contributed by atoms with Gasteiger partial charge in [-0.3, -0.25) is 4.79 Å². The molecule has 0 bridgehead atoms. The van der Waals surface area contributed by atoms with E-state index in [1.165, 1.54) is 7.11 Å². The number of halogens is 1. The van der Waals surface area contributed by atoms with E-state index in [1.807, 2.05) is 13.8 Å². The molecule has 3 rings (SSSR count). The minimum absolute atomic E-state index is 0.0774. The van der Waals surface area contributed by atoms with Gasteiger partial charge in [-0.25, -0.2) is 4.79 Å². The fraction of sp³-hybridized carbons (Fsp3) is 0.273. The Morgan fingerprint density at radius 1 is 1.30 bits per heavy atom. The molecule has 8 heteroatoms. The first-order valence-electron chi connectivity index (χ1n) is 9.36. The highest BCUT2D eigenvalue weighted by Gasteiger charge is 2.37. The molecule has 7 nitrogen and oxygen atoms in total. The van der Waals surface area contributed by atoms with Gasteiger partial charge in [-0.05, 0) is 50.2 Å². The second-order valence-electron chi connectivity index (χ2n) is 7.48. The molecule has 158 valence electrons. The van der Waals surface area contributed by atoms with Crippen molar-refractivity contribution in [2.75, 3.05) is 35.8 Å². The number of anilines is 3. The van der Waals surface area contributed by atoms with E-state index in [9.17, 15) is 9.59 Å². The highest BCUT2D eigenvalue weighted by atomic mass is 35.5. The second-order valence-corrected chi connectivity index (χ2v) is 7.92.